The molecule has 3 atom stereocenters. The topological polar surface area (TPSA) is 89.9 Å². The number of amides is 1. The Balaban J connectivity index is 1.61. The van der Waals surface area contributed by atoms with Gasteiger partial charge in [-0.25, -0.2) is 0 Å². The number of aliphatic carboxylic acids is 1. The van der Waals surface area contributed by atoms with Crippen molar-refractivity contribution in [2.24, 2.45) is 5.92 Å². The minimum atomic E-state index is -0.901. The van der Waals surface area contributed by atoms with E-state index in [2.05, 4.69) is 31.3 Å². The molecule has 1 aliphatic carbocycles. The lowest BCUT2D eigenvalue weighted by Crippen LogP contribution is -2.39. The molecule has 184 valence electrons. The second-order valence-corrected chi connectivity index (χ2v) is 9.65. The zero-order valence-electron chi connectivity index (χ0n) is 20.3. The Morgan fingerprint density at radius 3 is 2.29 bits per heavy atom. The van der Waals surface area contributed by atoms with E-state index in [0.29, 0.717) is 44.6 Å². The lowest BCUT2D eigenvalue weighted by molar-refractivity contribution is -0.140. The summed E-state index contributed by atoms with van der Waals surface area (Å²) in [7, 11) is 0. The summed E-state index contributed by atoms with van der Waals surface area (Å²) < 4.78 is 0. The van der Waals surface area contributed by atoms with Gasteiger partial charge in [0.15, 0.2) is 0 Å². The maximum atomic E-state index is 13.4. The third-order valence-electron chi connectivity index (χ3n) is 6.80. The van der Waals surface area contributed by atoms with Crippen molar-refractivity contribution in [2.45, 2.75) is 70.4 Å². The van der Waals surface area contributed by atoms with Gasteiger partial charge in [0, 0.05) is 24.7 Å². The molecule has 6 heteroatoms. The highest BCUT2D eigenvalue weighted by Crippen LogP contribution is 2.28. The normalized spacial score (nSPS) is 20.5. The first-order valence-corrected chi connectivity index (χ1v) is 12.4. The maximum absolute atomic E-state index is 13.4. The number of nitrogens with one attached hydrogen (secondary N) is 1. The van der Waals surface area contributed by atoms with Gasteiger partial charge in [-0.2, -0.15) is 0 Å². The van der Waals surface area contributed by atoms with E-state index in [-0.39, 0.29) is 30.8 Å². The van der Waals surface area contributed by atoms with Gasteiger partial charge in [0.1, 0.15) is 0 Å². The van der Waals surface area contributed by atoms with Gasteiger partial charge in [-0.3, -0.25) is 9.59 Å². The fraction of sp³-hybridized carbons (Fsp3) is 0.500. The molecular weight excluding hydrogens is 428 g/mol. The maximum Gasteiger partial charge on any atom is 0.305 e. The summed E-state index contributed by atoms with van der Waals surface area (Å²) in [4.78, 5) is 26.3. The van der Waals surface area contributed by atoms with Crippen LogP contribution in [0.25, 0.3) is 0 Å². The van der Waals surface area contributed by atoms with E-state index >= 15 is 0 Å². The minimum absolute atomic E-state index is 0.00585. The molecule has 0 aromatic heterocycles. The quantitative estimate of drug-likeness (QED) is 0.442. The van der Waals surface area contributed by atoms with Crippen LogP contribution in [0.1, 0.15) is 63.0 Å². The predicted octanol–water partition coefficient (Wildman–Crippen LogP) is 4.69. The summed E-state index contributed by atoms with van der Waals surface area (Å²) in [5.74, 6) is -0.627. The molecule has 0 heterocycles. The van der Waals surface area contributed by atoms with Crippen molar-refractivity contribution in [1.29, 1.82) is 0 Å². The third-order valence-corrected chi connectivity index (χ3v) is 6.80. The van der Waals surface area contributed by atoms with E-state index in [1.165, 1.54) is 5.56 Å². The van der Waals surface area contributed by atoms with Crippen LogP contribution >= 0.6 is 0 Å². The van der Waals surface area contributed by atoms with Crippen molar-refractivity contribution >= 4 is 17.6 Å². The monoisotopic (exact) mass is 466 g/mol. The smallest absolute Gasteiger partial charge is 0.305 e. The highest BCUT2D eigenvalue weighted by molar-refractivity contribution is 5.79. The SMILES string of the molecule is CC(C)c1ccc(N[C@H]2CC[C@@H](C(=O)N(CCC(=O)O)CCc3ccccc3)CC[C@@H]2O)cc1. The van der Waals surface area contributed by atoms with E-state index in [9.17, 15) is 14.7 Å². The molecule has 2 aromatic carbocycles. The molecule has 34 heavy (non-hydrogen) atoms. The van der Waals surface area contributed by atoms with Crippen LogP contribution in [0, 0.1) is 5.92 Å². The molecule has 1 aliphatic rings. The van der Waals surface area contributed by atoms with Crippen LogP contribution in [0.5, 0.6) is 0 Å². The Hall–Kier alpha value is -2.86. The largest absolute Gasteiger partial charge is 0.481 e. The molecule has 2 aromatic rings. The van der Waals surface area contributed by atoms with Crippen LogP contribution in [0.4, 0.5) is 5.69 Å². The number of carbonyl (C=O) groups excluding carboxylic acids is 1. The van der Waals surface area contributed by atoms with Crippen molar-refractivity contribution in [2.75, 3.05) is 18.4 Å². The molecule has 0 radical (unpaired) electrons. The summed E-state index contributed by atoms with van der Waals surface area (Å²) in [5, 5.41) is 23.4. The molecule has 0 aliphatic heterocycles. The van der Waals surface area contributed by atoms with Crippen molar-refractivity contribution in [3.05, 3.63) is 65.7 Å². The highest BCUT2D eigenvalue weighted by atomic mass is 16.4. The zero-order valence-corrected chi connectivity index (χ0v) is 20.3. The van der Waals surface area contributed by atoms with E-state index in [1.54, 1.807) is 4.90 Å². The summed E-state index contributed by atoms with van der Waals surface area (Å²) in [6, 6.07) is 18.1. The van der Waals surface area contributed by atoms with E-state index < -0.39 is 12.1 Å². The van der Waals surface area contributed by atoms with Crippen LogP contribution in [-0.2, 0) is 16.0 Å². The van der Waals surface area contributed by atoms with Crippen LogP contribution < -0.4 is 5.32 Å². The van der Waals surface area contributed by atoms with Gasteiger partial charge in [-0.15, -0.1) is 0 Å². The summed E-state index contributed by atoms with van der Waals surface area (Å²) in [6.45, 7) is 5.03. The molecule has 3 rings (SSSR count). The van der Waals surface area contributed by atoms with E-state index in [4.69, 9.17) is 5.11 Å². The minimum Gasteiger partial charge on any atom is -0.481 e. The summed E-state index contributed by atoms with van der Waals surface area (Å²) in [6.07, 6.45) is 2.62. The van der Waals surface area contributed by atoms with Gasteiger partial charge in [-0.05, 0) is 61.3 Å². The standard InChI is InChI=1S/C28H38N2O4/c1-20(2)22-8-12-24(13-9-22)29-25-14-10-23(11-15-26(25)31)28(34)30(19-17-27(32)33)18-16-21-6-4-3-5-7-21/h3-9,12-13,20,23,25-26,29,31H,10-11,14-19H2,1-2H3,(H,32,33)/t23-,25+,26+/m1/s1. The van der Waals surface area contributed by atoms with Crippen LogP contribution in [0.3, 0.4) is 0 Å². The van der Waals surface area contributed by atoms with Crippen molar-refractivity contribution in [1.82, 2.24) is 4.90 Å². The molecule has 1 saturated carbocycles. The first-order chi connectivity index (χ1) is 16.3. The number of aliphatic hydroxyl groups excluding tert-OH is 1. The Morgan fingerprint density at radius 1 is 0.971 bits per heavy atom. The van der Waals surface area contributed by atoms with Crippen molar-refractivity contribution in [3.8, 4) is 0 Å². The number of carboxylic acid groups (broad SMARTS) is 1. The van der Waals surface area contributed by atoms with Gasteiger partial charge >= 0.3 is 5.97 Å². The molecule has 0 saturated heterocycles. The molecule has 0 bridgehead atoms. The number of aliphatic hydroxyl groups is 1. The molecule has 1 fully saturated rings. The number of benzene rings is 2. The van der Waals surface area contributed by atoms with Gasteiger partial charge in [0.25, 0.3) is 0 Å². The van der Waals surface area contributed by atoms with Gasteiger partial charge < -0.3 is 20.4 Å². The molecule has 6 nitrogen and oxygen atoms in total. The van der Waals surface area contributed by atoms with Gasteiger partial charge in [-0.1, -0.05) is 56.3 Å². The fourth-order valence-corrected chi connectivity index (χ4v) is 4.61. The number of nitrogens with zero attached hydrogens (tertiary/aromatic N) is 1. The molecule has 0 unspecified atom stereocenters. The summed E-state index contributed by atoms with van der Waals surface area (Å²) in [5.41, 5.74) is 3.37. The van der Waals surface area contributed by atoms with Crippen molar-refractivity contribution in [3.63, 3.8) is 0 Å². The van der Waals surface area contributed by atoms with Crippen LogP contribution in [0.15, 0.2) is 54.6 Å². The number of hydrogen-bond acceptors (Lipinski definition) is 4. The van der Waals surface area contributed by atoms with Crippen molar-refractivity contribution < 1.29 is 19.8 Å². The molecule has 1 amide bonds. The molecular formula is C28H38N2O4. The molecule has 0 spiro atoms. The number of hydrogen-bond donors (Lipinski definition) is 3. The van der Waals surface area contributed by atoms with Crippen LogP contribution in [0.2, 0.25) is 0 Å². The molecule has 3 N–H and O–H groups in total. The second-order valence-electron chi connectivity index (χ2n) is 9.65. The number of anilines is 1. The fourth-order valence-electron chi connectivity index (χ4n) is 4.61. The Kier molecular flexibility index (Phi) is 9.52. The average molecular weight is 467 g/mol. The average Bonchev–Trinajstić information content (AvgIpc) is 3.01. The number of carbonyl (C=O) groups is 2. The predicted molar refractivity (Wildman–Crippen MR) is 135 cm³/mol. The lowest BCUT2D eigenvalue weighted by atomic mass is 9.98. The third kappa shape index (κ3) is 7.59. The second kappa shape index (κ2) is 12.6. The summed E-state index contributed by atoms with van der Waals surface area (Å²) >= 11 is 0. The Bertz CT molecular complexity index is 914. The Labute approximate surface area is 203 Å². The Morgan fingerprint density at radius 2 is 1.65 bits per heavy atom. The van der Waals surface area contributed by atoms with E-state index in [1.807, 2.05) is 42.5 Å². The first kappa shape index (κ1) is 25.8. The first-order valence-electron chi connectivity index (χ1n) is 12.4. The van der Waals surface area contributed by atoms with Crippen LogP contribution in [-0.4, -0.2) is 52.2 Å². The van der Waals surface area contributed by atoms with Gasteiger partial charge in [0.05, 0.1) is 18.6 Å². The highest BCUT2D eigenvalue weighted by Gasteiger charge is 2.31. The van der Waals surface area contributed by atoms with E-state index in [0.717, 1.165) is 11.3 Å². The van der Waals surface area contributed by atoms with Gasteiger partial charge in [0.2, 0.25) is 5.91 Å². The number of carboxylic acids is 1. The lowest BCUT2D eigenvalue weighted by Gasteiger charge is -2.27. The zero-order chi connectivity index (χ0) is 24.5. The number of rotatable bonds is 10.